The lowest BCUT2D eigenvalue weighted by Gasteiger charge is -2.20. The first-order valence-corrected chi connectivity index (χ1v) is 9.92. The van der Waals surface area contributed by atoms with Crippen LogP contribution in [0.2, 0.25) is 0 Å². The standard InChI is InChI=1S/C23H23N3O6/c27-13-20(26-23(31)32-14-15-6-2-1-3-7-15)21(28)25-19(22(29)30)12-17-11-10-16-8-4-5-9-18(16)24-17/h1-11,19-20,27H,12-14H2,(H,25,28)(H,26,31)(H,29,30)/t19-,20+/m1/s1. The molecule has 0 saturated carbocycles. The summed E-state index contributed by atoms with van der Waals surface area (Å²) < 4.78 is 5.03. The van der Waals surface area contributed by atoms with Crippen LogP contribution in [-0.4, -0.2) is 51.9 Å². The maximum Gasteiger partial charge on any atom is 0.408 e. The Morgan fingerprint density at radius 1 is 0.906 bits per heavy atom. The zero-order chi connectivity index (χ0) is 22.9. The highest BCUT2D eigenvalue weighted by atomic mass is 16.5. The van der Waals surface area contributed by atoms with Crippen molar-refractivity contribution in [2.24, 2.45) is 0 Å². The summed E-state index contributed by atoms with van der Waals surface area (Å²) in [6, 6.07) is 17.2. The van der Waals surface area contributed by atoms with E-state index in [1.54, 1.807) is 36.4 Å². The minimum atomic E-state index is -1.37. The number of carbonyl (C=O) groups excluding carboxylic acids is 2. The van der Waals surface area contributed by atoms with Crippen molar-refractivity contribution in [1.29, 1.82) is 0 Å². The van der Waals surface area contributed by atoms with Crippen molar-refractivity contribution in [3.05, 3.63) is 78.0 Å². The van der Waals surface area contributed by atoms with E-state index in [9.17, 15) is 24.6 Å². The molecule has 0 aliphatic heterocycles. The summed E-state index contributed by atoms with van der Waals surface area (Å²) in [6.45, 7) is -0.745. The van der Waals surface area contributed by atoms with Crippen molar-refractivity contribution in [2.75, 3.05) is 6.61 Å². The van der Waals surface area contributed by atoms with Gasteiger partial charge >= 0.3 is 12.1 Å². The number of aliphatic hydroxyl groups excluding tert-OH is 1. The number of carbonyl (C=O) groups is 3. The number of hydrogen-bond donors (Lipinski definition) is 4. The maximum atomic E-state index is 12.5. The normalized spacial score (nSPS) is 12.5. The monoisotopic (exact) mass is 437 g/mol. The number of pyridine rings is 1. The van der Waals surface area contributed by atoms with Gasteiger partial charge in [-0.1, -0.05) is 54.6 Å². The van der Waals surface area contributed by atoms with Crippen LogP contribution in [0.5, 0.6) is 0 Å². The van der Waals surface area contributed by atoms with Crippen LogP contribution >= 0.6 is 0 Å². The molecule has 9 heteroatoms. The van der Waals surface area contributed by atoms with Crippen molar-refractivity contribution in [2.45, 2.75) is 25.1 Å². The van der Waals surface area contributed by atoms with Gasteiger partial charge in [-0.2, -0.15) is 0 Å². The van der Waals surface area contributed by atoms with Gasteiger partial charge in [-0.25, -0.2) is 9.59 Å². The average Bonchev–Trinajstić information content (AvgIpc) is 2.81. The van der Waals surface area contributed by atoms with Crippen LogP contribution in [-0.2, 0) is 27.4 Å². The third-order valence-electron chi connectivity index (χ3n) is 4.69. The van der Waals surface area contributed by atoms with Gasteiger partial charge in [0.25, 0.3) is 0 Å². The van der Waals surface area contributed by atoms with Gasteiger partial charge in [0.1, 0.15) is 18.7 Å². The molecule has 0 spiro atoms. The molecule has 0 bridgehead atoms. The molecule has 1 heterocycles. The van der Waals surface area contributed by atoms with Crippen molar-refractivity contribution < 1.29 is 29.3 Å². The van der Waals surface area contributed by atoms with Crippen LogP contribution < -0.4 is 10.6 Å². The van der Waals surface area contributed by atoms with E-state index >= 15 is 0 Å². The van der Waals surface area contributed by atoms with E-state index in [1.165, 1.54) is 0 Å². The Morgan fingerprint density at radius 3 is 2.34 bits per heavy atom. The Labute approximate surface area is 184 Å². The fraction of sp³-hybridized carbons (Fsp3) is 0.217. The molecule has 0 aliphatic rings. The number of hydrogen-bond acceptors (Lipinski definition) is 6. The minimum Gasteiger partial charge on any atom is -0.480 e. The Bertz CT molecular complexity index is 1090. The van der Waals surface area contributed by atoms with Gasteiger partial charge < -0.3 is 25.6 Å². The van der Waals surface area contributed by atoms with E-state index in [2.05, 4.69) is 15.6 Å². The number of fused-ring (bicyclic) bond motifs is 1. The number of alkyl carbamates (subject to hydrolysis) is 1. The third-order valence-corrected chi connectivity index (χ3v) is 4.69. The number of carboxylic acid groups (broad SMARTS) is 1. The molecule has 2 aromatic carbocycles. The molecule has 3 rings (SSSR count). The molecular formula is C23H23N3O6. The van der Waals surface area contributed by atoms with Gasteiger partial charge in [-0.15, -0.1) is 0 Å². The number of benzene rings is 2. The summed E-state index contributed by atoms with van der Waals surface area (Å²) in [4.78, 5) is 40.5. The van der Waals surface area contributed by atoms with Crippen molar-refractivity contribution in [1.82, 2.24) is 15.6 Å². The van der Waals surface area contributed by atoms with Gasteiger partial charge in [0.05, 0.1) is 12.1 Å². The topological polar surface area (TPSA) is 138 Å². The van der Waals surface area contributed by atoms with E-state index in [-0.39, 0.29) is 13.0 Å². The second-order valence-electron chi connectivity index (χ2n) is 7.04. The molecule has 0 unspecified atom stereocenters. The second kappa shape index (κ2) is 10.9. The maximum absolute atomic E-state index is 12.5. The zero-order valence-corrected chi connectivity index (χ0v) is 17.1. The molecule has 166 valence electrons. The number of nitrogens with zero attached hydrogens (tertiary/aromatic N) is 1. The van der Waals surface area contributed by atoms with Crippen LogP contribution in [0.15, 0.2) is 66.7 Å². The van der Waals surface area contributed by atoms with Crippen LogP contribution in [0.25, 0.3) is 10.9 Å². The molecule has 3 aromatic rings. The largest absolute Gasteiger partial charge is 0.480 e. The van der Waals surface area contributed by atoms with Crippen LogP contribution in [0.1, 0.15) is 11.3 Å². The van der Waals surface area contributed by atoms with Crippen molar-refractivity contribution in [3.63, 3.8) is 0 Å². The Kier molecular flexibility index (Phi) is 7.71. The predicted molar refractivity (Wildman–Crippen MR) is 116 cm³/mol. The summed E-state index contributed by atoms with van der Waals surface area (Å²) in [5.41, 5.74) is 1.94. The molecule has 9 nitrogen and oxygen atoms in total. The second-order valence-corrected chi connectivity index (χ2v) is 7.04. The fourth-order valence-electron chi connectivity index (χ4n) is 3.00. The summed E-state index contributed by atoms with van der Waals surface area (Å²) in [5.74, 6) is -2.12. The van der Waals surface area contributed by atoms with Gasteiger partial charge in [0, 0.05) is 17.5 Å². The van der Waals surface area contributed by atoms with Crippen LogP contribution in [0.3, 0.4) is 0 Å². The summed E-state index contributed by atoms with van der Waals surface area (Å²) in [7, 11) is 0. The number of rotatable bonds is 9. The van der Waals surface area contributed by atoms with Gasteiger partial charge in [0.15, 0.2) is 0 Å². The highest BCUT2D eigenvalue weighted by Crippen LogP contribution is 2.13. The lowest BCUT2D eigenvalue weighted by Crippen LogP contribution is -2.53. The quantitative estimate of drug-likeness (QED) is 0.399. The molecule has 0 fully saturated rings. The Hall–Kier alpha value is -3.98. The Morgan fingerprint density at radius 2 is 1.62 bits per heavy atom. The number of carboxylic acids is 1. The number of nitrogens with one attached hydrogen (secondary N) is 2. The number of aliphatic hydroxyl groups is 1. The highest BCUT2D eigenvalue weighted by molar-refractivity contribution is 5.89. The lowest BCUT2D eigenvalue weighted by molar-refractivity contribution is -0.142. The zero-order valence-electron chi connectivity index (χ0n) is 17.1. The van der Waals surface area contributed by atoms with E-state index in [1.807, 2.05) is 30.3 Å². The van der Waals surface area contributed by atoms with Crippen LogP contribution in [0, 0.1) is 0 Å². The smallest absolute Gasteiger partial charge is 0.408 e. The molecule has 2 amide bonds. The van der Waals surface area contributed by atoms with Gasteiger partial charge in [0.2, 0.25) is 5.91 Å². The van der Waals surface area contributed by atoms with E-state index in [4.69, 9.17) is 4.74 Å². The van der Waals surface area contributed by atoms with Crippen molar-refractivity contribution >= 4 is 28.9 Å². The lowest BCUT2D eigenvalue weighted by atomic mass is 10.1. The number of aromatic nitrogens is 1. The summed E-state index contributed by atoms with van der Waals surface area (Å²) in [6.07, 6.45) is -0.978. The number of para-hydroxylation sites is 1. The highest BCUT2D eigenvalue weighted by Gasteiger charge is 2.27. The molecular weight excluding hydrogens is 414 g/mol. The first-order chi connectivity index (χ1) is 15.5. The van der Waals surface area contributed by atoms with E-state index in [0.29, 0.717) is 11.2 Å². The van der Waals surface area contributed by atoms with Crippen LogP contribution in [0.4, 0.5) is 4.79 Å². The van der Waals surface area contributed by atoms with E-state index < -0.39 is 36.7 Å². The summed E-state index contributed by atoms with van der Waals surface area (Å²) >= 11 is 0. The van der Waals surface area contributed by atoms with E-state index in [0.717, 1.165) is 10.9 Å². The molecule has 4 N–H and O–H groups in total. The first kappa shape index (κ1) is 22.7. The van der Waals surface area contributed by atoms with Crippen molar-refractivity contribution in [3.8, 4) is 0 Å². The average molecular weight is 437 g/mol. The molecule has 0 saturated heterocycles. The molecule has 2 atom stereocenters. The number of ether oxygens (including phenoxy) is 1. The molecule has 1 aromatic heterocycles. The third kappa shape index (κ3) is 6.26. The molecule has 32 heavy (non-hydrogen) atoms. The predicted octanol–water partition coefficient (Wildman–Crippen LogP) is 1.63. The Balaban J connectivity index is 1.59. The molecule has 0 radical (unpaired) electrons. The van der Waals surface area contributed by atoms with Gasteiger partial charge in [-0.05, 0) is 17.7 Å². The number of amides is 2. The van der Waals surface area contributed by atoms with Gasteiger partial charge in [-0.3, -0.25) is 9.78 Å². The SMILES string of the molecule is O=C(N[C@@H](CO)C(=O)N[C@H](Cc1ccc2ccccc2n1)C(=O)O)OCc1ccccc1. The minimum absolute atomic E-state index is 0.0160. The number of aliphatic carboxylic acids is 1. The first-order valence-electron chi connectivity index (χ1n) is 9.92. The molecule has 0 aliphatic carbocycles. The fourth-order valence-corrected chi connectivity index (χ4v) is 3.00. The summed E-state index contributed by atoms with van der Waals surface area (Å²) in [5, 5.41) is 24.5.